The summed E-state index contributed by atoms with van der Waals surface area (Å²) in [5.74, 6) is 1.57. The van der Waals surface area contributed by atoms with Crippen LogP contribution in [0.2, 0.25) is 0 Å². The number of nitrogens with zero attached hydrogens (tertiary/aromatic N) is 1. The van der Waals surface area contributed by atoms with Crippen molar-refractivity contribution < 1.29 is 9.47 Å². The maximum Gasteiger partial charge on any atom is 0.123 e. The summed E-state index contributed by atoms with van der Waals surface area (Å²) in [6.45, 7) is 9.42. The highest BCUT2D eigenvalue weighted by atomic mass is 16.5. The first kappa shape index (κ1) is 15.8. The van der Waals surface area contributed by atoms with E-state index in [0.717, 1.165) is 51.6 Å². The summed E-state index contributed by atoms with van der Waals surface area (Å²) >= 11 is 0. The van der Waals surface area contributed by atoms with Crippen molar-refractivity contribution in [1.29, 1.82) is 0 Å². The van der Waals surface area contributed by atoms with E-state index in [2.05, 4.69) is 41.4 Å². The van der Waals surface area contributed by atoms with Crippen LogP contribution >= 0.6 is 0 Å². The van der Waals surface area contributed by atoms with Gasteiger partial charge in [-0.1, -0.05) is 25.1 Å². The molecule has 2 heterocycles. The van der Waals surface area contributed by atoms with Crippen LogP contribution in [-0.2, 0) is 4.74 Å². The third-order valence-electron chi connectivity index (χ3n) is 4.74. The largest absolute Gasteiger partial charge is 0.489 e. The molecule has 1 saturated heterocycles. The van der Waals surface area contributed by atoms with Crippen LogP contribution in [0.25, 0.3) is 0 Å². The second-order valence-electron chi connectivity index (χ2n) is 6.22. The molecule has 3 rings (SSSR count). The third-order valence-corrected chi connectivity index (χ3v) is 4.74. The van der Waals surface area contributed by atoms with E-state index in [1.807, 2.05) is 0 Å². The Morgan fingerprint density at radius 3 is 2.86 bits per heavy atom. The van der Waals surface area contributed by atoms with Gasteiger partial charge in [0.25, 0.3) is 0 Å². The Bertz CT molecular complexity index is 460. The molecule has 0 radical (unpaired) electrons. The highest BCUT2D eigenvalue weighted by Crippen LogP contribution is 2.38. The first-order chi connectivity index (χ1) is 10.9. The molecule has 0 bridgehead atoms. The van der Waals surface area contributed by atoms with Gasteiger partial charge in [-0.2, -0.15) is 0 Å². The SMILES string of the molecule is CCC1Oc2ccccc2C1CNCCCN1CCOCC1. The molecule has 4 nitrogen and oxygen atoms in total. The number of fused-ring (bicyclic) bond motifs is 1. The zero-order valence-electron chi connectivity index (χ0n) is 13.6. The summed E-state index contributed by atoms with van der Waals surface area (Å²) in [7, 11) is 0. The Labute approximate surface area is 133 Å². The van der Waals surface area contributed by atoms with E-state index >= 15 is 0 Å². The van der Waals surface area contributed by atoms with E-state index in [9.17, 15) is 0 Å². The lowest BCUT2D eigenvalue weighted by atomic mass is 9.94. The minimum absolute atomic E-state index is 0.323. The van der Waals surface area contributed by atoms with Gasteiger partial charge >= 0.3 is 0 Å². The van der Waals surface area contributed by atoms with Gasteiger partial charge in [-0.15, -0.1) is 0 Å². The standard InChI is InChI=1S/C18H28N2O2/c1-2-17-16(15-6-3-4-7-18(15)22-17)14-19-8-5-9-20-10-12-21-13-11-20/h3-4,6-7,16-17,19H,2,5,8-14H2,1H3. The number of ether oxygens (including phenoxy) is 2. The van der Waals surface area contributed by atoms with E-state index in [1.54, 1.807) is 0 Å². The Morgan fingerprint density at radius 1 is 1.23 bits per heavy atom. The molecule has 122 valence electrons. The maximum atomic E-state index is 6.06. The van der Waals surface area contributed by atoms with Crippen LogP contribution in [0, 0.1) is 0 Å². The summed E-state index contributed by atoms with van der Waals surface area (Å²) in [5.41, 5.74) is 1.37. The van der Waals surface area contributed by atoms with E-state index in [-0.39, 0.29) is 0 Å². The Hall–Kier alpha value is -1.10. The van der Waals surface area contributed by atoms with E-state index < -0.39 is 0 Å². The lowest BCUT2D eigenvalue weighted by Gasteiger charge is -2.26. The Balaban J connectivity index is 1.41. The number of rotatable bonds is 7. The zero-order valence-corrected chi connectivity index (χ0v) is 13.6. The summed E-state index contributed by atoms with van der Waals surface area (Å²) in [5, 5.41) is 3.63. The van der Waals surface area contributed by atoms with E-state index in [4.69, 9.17) is 9.47 Å². The summed E-state index contributed by atoms with van der Waals surface area (Å²) in [4.78, 5) is 2.49. The number of nitrogens with one attached hydrogen (secondary N) is 1. The average molecular weight is 304 g/mol. The van der Waals surface area contributed by atoms with Gasteiger partial charge in [-0.05, 0) is 32.0 Å². The molecule has 1 aromatic carbocycles. The van der Waals surface area contributed by atoms with Gasteiger partial charge in [-0.3, -0.25) is 4.90 Å². The second-order valence-corrected chi connectivity index (χ2v) is 6.22. The fourth-order valence-electron chi connectivity index (χ4n) is 3.46. The molecule has 0 saturated carbocycles. The third kappa shape index (κ3) is 3.80. The van der Waals surface area contributed by atoms with Gasteiger partial charge in [0.05, 0.1) is 13.2 Å². The molecule has 2 unspecified atom stereocenters. The molecule has 0 amide bonds. The van der Waals surface area contributed by atoms with Crippen LogP contribution in [0.4, 0.5) is 0 Å². The topological polar surface area (TPSA) is 33.7 Å². The Kier molecular flexibility index (Phi) is 5.70. The van der Waals surface area contributed by atoms with E-state index in [0.29, 0.717) is 12.0 Å². The fraction of sp³-hybridized carbons (Fsp3) is 0.667. The lowest BCUT2D eigenvalue weighted by molar-refractivity contribution is 0.0374. The quantitative estimate of drug-likeness (QED) is 0.784. The molecule has 2 atom stereocenters. The molecule has 0 aromatic heterocycles. The van der Waals surface area contributed by atoms with Gasteiger partial charge in [0.15, 0.2) is 0 Å². The molecule has 1 aromatic rings. The van der Waals surface area contributed by atoms with Crippen molar-refractivity contribution in [2.45, 2.75) is 31.8 Å². The van der Waals surface area contributed by atoms with Crippen molar-refractivity contribution in [3.8, 4) is 5.75 Å². The summed E-state index contributed by atoms with van der Waals surface area (Å²) in [6, 6.07) is 8.48. The highest BCUT2D eigenvalue weighted by Gasteiger charge is 2.32. The minimum Gasteiger partial charge on any atom is -0.489 e. The minimum atomic E-state index is 0.323. The predicted octanol–water partition coefficient (Wildman–Crippen LogP) is 2.25. The highest BCUT2D eigenvalue weighted by molar-refractivity contribution is 5.41. The number of benzene rings is 1. The number of hydrogen-bond donors (Lipinski definition) is 1. The molecular formula is C18H28N2O2. The van der Waals surface area contributed by atoms with Gasteiger partial charge in [0, 0.05) is 31.1 Å². The maximum absolute atomic E-state index is 6.06. The second kappa shape index (κ2) is 7.95. The molecule has 22 heavy (non-hydrogen) atoms. The van der Waals surface area contributed by atoms with Crippen LogP contribution < -0.4 is 10.1 Å². The Morgan fingerprint density at radius 2 is 2.05 bits per heavy atom. The van der Waals surface area contributed by atoms with Crippen LogP contribution in [0.1, 0.15) is 31.2 Å². The number of hydrogen-bond acceptors (Lipinski definition) is 4. The first-order valence-electron chi connectivity index (χ1n) is 8.65. The van der Waals surface area contributed by atoms with Crippen molar-refractivity contribution >= 4 is 0 Å². The first-order valence-corrected chi connectivity index (χ1v) is 8.65. The zero-order chi connectivity index (χ0) is 15.2. The van der Waals surface area contributed by atoms with E-state index in [1.165, 1.54) is 18.5 Å². The number of para-hydroxylation sites is 1. The molecule has 0 aliphatic carbocycles. The molecule has 1 N–H and O–H groups in total. The van der Waals surface area contributed by atoms with Gasteiger partial charge < -0.3 is 14.8 Å². The van der Waals surface area contributed by atoms with Crippen molar-refractivity contribution in [3.63, 3.8) is 0 Å². The molecular weight excluding hydrogens is 276 g/mol. The molecule has 2 aliphatic rings. The monoisotopic (exact) mass is 304 g/mol. The molecule has 0 spiro atoms. The summed E-state index contributed by atoms with van der Waals surface area (Å²) < 4.78 is 11.4. The fourth-order valence-corrected chi connectivity index (χ4v) is 3.46. The van der Waals surface area contributed by atoms with Crippen LogP contribution in [-0.4, -0.2) is 56.9 Å². The van der Waals surface area contributed by atoms with Crippen molar-refractivity contribution in [2.24, 2.45) is 0 Å². The average Bonchev–Trinajstić information content (AvgIpc) is 2.93. The predicted molar refractivity (Wildman–Crippen MR) is 88.6 cm³/mol. The van der Waals surface area contributed by atoms with Gasteiger partial charge in [0.1, 0.15) is 11.9 Å². The van der Waals surface area contributed by atoms with Crippen molar-refractivity contribution in [2.75, 3.05) is 45.9 Å². The van der Waals surface area contributed by atoms with Crippen molar-refractivity contribution in [3.05, 3.63) is 29.8 Å². The van der Waals surface area contributed by atoms with Gasteiger partial charge in [-0.25, -0.2) is 0 Å². The van der Waals surface area contributed by atoms with Gasteiger partial charge in [0.2, 0.25) is 0 Å². The molecule has 1 fully saturated rings. The molecule has 4 heteroatoms. The smallest absolute Gasteiger partial charge is 0.123 e. The molecule has 2 aliphatic heterocycles. The number of morpholine rings is 1. The normalized spacial score (nSPS) is 25.0. The summed E-state index contributed by atoms with van der Waals surface area (Å²) in [6.07, 6.45) is 2.59. The van der Waals surface area contributed by atoms with Crippen LogP contribution in [0.5, 0.6) is 5.75 Å². The lowest BCUT2D eigenvalue weighted by Crippen LogP contribution is -2.38. The van der Waals surface area contributed by atoms with Crippen molar-refractivity contribution in [1.82, 2.24) is 10.2 Å². The van der Waals surface area contributed by atoms with Crippen LogP contribution in [0.3, 0.4) is 0 Å². The van der Waals surface area contributed by atoms with Crippen LogP contribution in [0.15, 0.2) is 24.3 Å².